The topological polar surface area (TPSA) is 77.6 Å². The lowest BCUT2D eigenvalue weighted by molar-refractivity contribution is -0.148. The van der Waals surface area contributed by atoms with E-state index >= 15 is 0 Å². The number of likely N-dealkylation sites (N-methyl/N-ethyl adjacent to an activating group) is 1. The number of likely N-dealkylation sites (tertiary alicyclic amines) is 1. The van der Waals surface area contributed by atoms with Crippen molar-refractivity contribution in [2.24, 2.45) is 5.92 Å². The highest BCUT2D eigenvalue weighted by Crippen LogP contribution is 2.49. The number of nitrogens with one attached hydrogen (secondary N) is 2. The number of carbonyl (C=O) groups is 1. The number of aliphatic hydroxyl groups is 1. The maximum absolute atomic E-state index is 12.9. The Balaban J connectivity index is 1.72. The Morgan fingerprint density at radius 3 is 3.04 bits per heavy atom. The molecule has 3 N–H and O–H groups in total. The van der Waals surface area contributed by atoms with Gasteiger partial charge in [0.25, 0.3) is 0 Å². The van der Waals surface area contributed by atoms with Crippen molar-refractivity contribution in [1.82, 2.24) is 15.2 Å². The second kappa shape index (κ2) is 6.93. The summed E-state index contributed by atoms with van der Waals surface area (Å²) < 4.78 is 6.22. The molecular formula is C21H29N3O3. The van der Waals surface area contributed by atoms with Gasteiger partial charge in [0.05, 0.1) is 18.6 Å². The van der Waals surface area contributed by atoms with Crippen molar-refractivity contribution < 1.29 is 14.6 Å². The first-order valence-corrected chi connectivity index (χ1v) is 9.80. The molecule has 6 nitrogen and oxygen atoms in total. The molecule has 1 aromatic carbocycles. The maximum Gasteiger partial charge on any atom is 0.224 e. The molecule has 2 unspecified atom stereocenters. The molecule has 6 heteroatoms. The number of benzene rings is 1. The first-order valence-electron chi connectivity index (χ1n) is 9.80. The summed E-state index contributed by atoms with van der Waals surface area (Å²) in [4.78, 5) is 18.6. The molecule has 27 heavy (non-hydrogen) atoms. The zero-order valence-electron chi connectivity index (χ0n) is 16.3. The maximum atomic E-state index is 12.9. The monoisotopic (exact) mass is 371 g/mol. The van der Waals surface area contributed by atoms with Crippen LogP contribution in [0.3, 0.4) is 0 Å². The van der Waals surface area contributed by atoms with Gasteiger partial charge in [-0.1, -0.05) is 19.1 Å². The van der Waals surface area contributed by atoms with Crippen LogP contribution >= 0.6 is 0 Å². The van der Waals surface area contributed by atoms with Gasteiger partial charge in [-0.25, -0.2) is 0 Å². The number of ether oxygens (including phenoxy) is 1. The van der Waals surface area contributed by atoms with Crippen LogP contribution in [-0.4, -0.2) is 60.3 Å². The Morgan fingerprint density at radius 1 is 1.52 bits per heavy atom. The van der Waals surface area contributed by atoms with Crippen molar-refractivity contribution in [3.63, 3.8) is 0 Å². The van der Waals surface area contributed by atoms with Crippen LogP contribution in [0.1, 0.15) is 30.9 Å². The van der Waals surface area contributed by atoms with E-state index < -0.39 is 5.60 Å². The van der Waals surface area contributed by atoms with Crippen LogP contribution in [0, 0.1) is 5.92 Å². The third kappa shape index (κ3) is 2.78. The van der Waals surface area contributed by atoms with Crippen molar-refractivity contribution >= 4 is 16.8 Å². The van der Waals surface area contributed by atoms with E-state index in [4.69, 9.17) is 4.74 Å². The highest BCUT2D eigenvalue weighted by atomic mass is 16.5. The van der Waals surface area contributed by atoms with E-state index in [9.17, 15) is 9.90 Å². The third-order valence-corrected chi connectivity index (χ3v) is 6.58. The molecule has 2 heterocycles. The number of nitrogens with zero attached hydrogens (tertiary/aromatic N) is 1. The molecule has 0 saturated carbocycles. The Morgan fingerprint density at radius 2 is 2.33 bits per heavy atom. The number of aliphatic hydroxyl groups excluding tert-OH is 1. The molecule has 1 fully saturated rings. The van der Waals surface area contributed by atoms with E-state index in [-0.39, 0.29) is 30.5 Å². The fourth-order valence-electron chi connectivity index (χ4n) is 5.09. The van der Waals surface area contributed by atoms with Gasteiger partial charge < -0.3 is 20.1 Å². The molecule has 1 aliphatic heterocycles. The van der Waals surface area contributed by atoms with Crippen molar-refractivity contribution in [2.75, 3.05) is 27.3 Å². The van der Waals surface area contributed by atoms with Gasteiger partial charge in [0.15, 0.2) is 0 Å². The van der Waals surface area contributed by atoms with Gasteiger partial charge in [-0.05, 0) is 43.5 Å². The fourth-order valence-corrected chi connectivity index (χ4v) is 5.09. The molecule has 4 rings (SSSR count). The summed E-state index contributed by atoms with van der Waals surface area (Å²) in [6.07, 6.45) is 4.38. The van der Waals surface area contributed by atoms with Crippen LogP contribution in [0.25, 0.3) is 10.9 Å². The van der Waals surface area contributed by atoms with Gasteiger partial charge in [0.1, 0.15) is 5.60 Å². The first-order chi connectivity index (χ1) is 13.0. The highest BCUT2D eigenvalue weighted by molar-refractivity contribution is 5.89. The van der Waals surface area contributed by atoms with E-state index in [2.05, 4.69) is 46.6 Å². The predicted molar refractivity (Wildman–Crippen MR) is 105 cm³/mol. The Labute approximate surface area is 159 Å². The summed E-state index contributed by atoms with van der Waals surface area (Å²) in [5.74, 6) is -0.174. The quantitative estimate of drug-likeness (QED) is 0.749. The first kappa shape index (κ1) is 18.5. The highest BCUT2D eigenvalue weighted by Gasteiger charge is 2.52. The van der Waals surface area contributed by atoms with Gasteiger partial charge in [-0.3, -0.25) is 9.69 Å². The van der Waals surface area contributed by atoms with E-state index in [0.717, 1.165) is 18.4 Å². The molecule has 1 aromatic heterocycles. The number of aromatic nitrogens is 1. The van der Waals surface area contributed by atoms with Crippen LogP contribution in [0.4, 0.5) is 0 Å². The van der Waals surface area contributed by atoms with E-state index in [1.165, 1.54) is 16.5 Å². The van der Waals surface area contributed by atoms with Gasteiger partial charge in [0, 0.05) is 36.8 Å². The third-order valence-electron chi connectivity index (χ3n) is 6.58. The number of rotatable bonds is 5. The van der Waals surface area contributed by atoms with Crippen molar-refractivity contribution in [3.05, 3.63) is 35.5 Å². The average Bonchev–Trinajstić information content (AvgIpc) is 3.11. The lowest BCUT2D eigenvalue weighted by Crippen LogP contribution is -2.61. The second-order valence-corrected chi connectivity index (χ2v) is 7.99. The zero-order chi connectivity index (χ0) is 19.2. The van der Waals surface area contributed by atoms with Crippen LogP contribution < -0.4 is 5.32 Å². The standard InChI is InChI=1S/C21H29N3O3/c1-4-15(12-25)23-20(26)14-9-21(27-3)16-6-5-7-17-19(16)13(10-22-17)8-18(21)24(2)11-14/h5-7,10,14-15,18,22,25H,4,8-9,11-12H2,1-3H3,(H,23,26)/t14?,15?,18-,21+/m1/s1. The molecule has 1 aliphatic carbocycles. The molecule has 1 amide bonds. The average molecular weight is 371 g/mol. The number of piperidine rings is 1. The summed E-state index contributed by atoms with van der Waals surface area (Å²) in [7, 11) is 3.85. The smallest absolute Gasteiger partial charge is 0.224 e. The number of H-pyrrole nitrogens is 1. The van der Waals surface area contributed by atoms with Crippen LogP contribution in [0.5, 0.6) is 0 Å². The molecule has 2 aliphatic rings. The fraction of sp³-hybridized carbons (Fsp3) is 0.571. The summed E-state index contributed by atoms with van der Waals surface area (Å²) in [5, 5.41) is 13.7. The van der Waals surface area contributed by atoms with Crippen molar-refractivity contribution in [1.29, 1.82) is 0 Å². The second-order valence-electron chi connectivity index (χ2n) is 7.99. The lowest BCUT2D eigenvalue weighted by atomic mass is 9.68. The van der Waals surface area contributed by atoms with Crippen LogP contribution in [0.2, 0.25) is 0 Å². The molecule has 146 valence electrons. The number of aromatic amines is 1. The summed E-state index contributed by atoms with van der Waals surface area (Å²) in [6, 6.07) is 6.30. The van der Waals surface area contributed by atoms with Crippen molar-refractivity contribution in [3.8, 4) is 0 Å². The summed E-state index contributed by atoms with van der Waals surface area (Å²) in [5.41, 5.74) is 3.11. The minimum Gasteiger partial charge on any atom is -0.394 e. The minimum absolute atomic E-state index is 0.00432. The minimum atomic E-state index is -0.509. The van der Waals surface area contributed by atoms with Gasteiger partial charge >= 0.3 is 0 Å². The Kier molecular flexibility index (Phi) is 4.74. The van der Waals surface area contributed by atoms with E-state index in [1.807, 2.05) is 6.92 Å². The molecule has 0 bridgehead atoms. The number of methoxy groups -OCH3 is 1. The number of carbonyl (C=O) groups excluding carboxylic acids is 1. The van der Waals surface area contributed by atoms with Crippen LogP contribution in [0.15, 0.2) is 24.4 Å². The SMILES string of the molecule is CCC(CO)NC(=O)C1CN(C)[C@@H]2Cc3c[nH]c4cccc(c34)[C@@]2(OC)C1. The zero-order valence-corrected chi connectivity index (χ0v) is 16.3. The van der Waals surface area contributed by atoms with Crippen LogP contribution in [-0.2, 0) is 21.6 Å². The summed E-state index contributed by atoms with van der Waals surface area (Å²) >= 11 is 0. The largest absolute Gasteiger partial charge is 0.394 e. The molecule has 0 spiro atoms. The molecule has 4 atom stereocenters. The molecular weight excluding hydrogens is 342 g/mol. The predicted octanol–water partition coefficient (Wildman–Crippen LogP) is 1.77. The molecule has 2 aromatic rings. The Hall–Kier alpha value is -1.89. The Bertz CT molecular complexity index is 844. The normalized spacial score (nSPS) is 28.7. The van der Waals surface area contributed by atoms with E-state index in [0.29, 0.717) is 13.0 Å². The summed E-state index contributed by atoms with van der Waals surface area (Å²) in [6.45, 7) is 2.63. The van der Waals surface area contributed by atoms with Crippen molar-refractivity contribution in [2.45, 2.75) is 43.9 Å². The van der Waals surface area contributed by atoms with Gasteiger partial charge in [-0.2, -0.15) is 0 Å². The number of hydrogen-bond donors (Lipinski definition) is 3. The number of hydrogen-bond acceptors (Lipinski definition) is 4. The molecule has 1 saturated heterocycles. The van der Waals surface area contributed by atoms with E-state index in [1.54, 1.807) is 7.11 Å². The van der Waals surface area contributed by atoms with Gasteiger partial charge in [0.2, 0.25) is 5.91 Å². The number of amides is 1. The molecule has 0 radical (unpaired) electrons. The number of fused-ring (bicyclic) bond motifs is 2. The van der Waals surface area contributed by atoms with Gasteiger partial charge in [-0.15, -0.1) is 0 Å². The lowest BCUT2D eigenvalue weighted by Gasteiger charge is -2.52.